The Morgan fingerprint density at radius 3 is 2.88 bits per heavy atom. The van der Waals surface area contributed by atoms with Crippen molar-refractivity contribution in [2.75, 3.05) is 24.6 Å². The van der Waals surface area contributed by atoms with Gasteiger partial charge in [0.1, 0.15) is 5.58 Å². The number of amides is 1. The number of nitrogens with one attached hydrogen (secondary N) is 1. The molecule has 2 unspecified atom stereocenters. The molecule has 2 heterocycles. The molecule has 1 fully saturated rings. The van der Waals surface area contributed by atoms with Crippen molar-refractivity contribution >= 4 is 26.7 Å². The van der Waals surface area contributed by atoms with Gasteiger partial charge in [-0.3, -0.25) is 4.79 Å². The number of sulfone groups is 1. The molecule has 1 amide bonds. The maximum Gasteiger partial charge on any atom is 0.239 e. The third-order valence-corrected chi connectivity index (χ3v) is 6.77. The minimum atomic E-state index is -3.00. The first-order chi connectivity index (χ1) is 12.4. The number of fused-ring (bicyclic) bond motifs is 1. The van der Waals surface area contributed by atoms with Crippen LogP contribution in [0.1, 0.15) is 25.8 Å². The summed E-state index contributed by atoms with van der Waals surface area (Å²) in [5, 5.41) is 4.34. The smallest absolute Gasteiger partial charge is 0.239 e. The molecule has 2 atom stereocenters. The number of carbonyl (C=O) groups is 1. The van der Waals surface area contributed by atoms with Gasteiger partial charge in [0.15, 0.2) is 9.84 Å². The number of benzene rings is 1. The summed E-state index contributed by atoms with van der Waals surface area (Å²) in [6, 6.07) is 7.49. The molecule has 26 heavy (non-hydrogen) atoms. The fraction of sp³-hybridized carbons (Fsp3) is 0.526. The zero-order valence-corrected chi connectivity index (χ0v) is 16.1. The number of hydrogen-bond acceptors (Lipinski definition) is 5. The highest BCUT2D eigenvalue weighted by atomic mass is 32.2. The van der Waals surface area contributed by atoms with E-state index < -0.39 is 9.84 Å². The predicted octanol–water partition coefficient (Wildman–Crippen LogP) is 1.99. The second kappa shape index (κ2) is 7.80. The van der Waals surface area contributed by atoms with E-state index in [1.54, 1.807) is 11.2 Å². The van der Waals surface area contributed by atoms with E-state index in [1.165, 1.54) is 5.56 Å². The molecule has 1 aliphatic heterocycles. The van der Waals surface area contributed by atoms with Gasteiger partial charge < -0.3 is 14.6 Å². The minimum Gasteiger partial charge on any atom is -0.464 e. The van der Waals surface area contributed by atoms with Crippen molar-refractivity contribution in [1.82, 2.24) is 10.2 Å². The van der Waals surface area contributed by atoms with Crippen LogP contribution in [0.5, 0.6) is 0 Å². The Kier molecular flexibility index (Phi) is 5.67. The number of hydrogen-bond donors (Lipinski definition) is 1. The molecule has 3 rings (SSSR count). The molecule has 0 bridgehead atoms. The van der Waals surface area contributed by atoms with Crippen molar-refractivity contribution in [3.8, 4) is 0 Å². The topological polar surface area (TPSA) is 79.6 Å². The Balaban J connectivity index is 1.53. The highest BCUT2D eigenvalue weighted by molar-refractivity contribution is 7.91. The maximum absolute atomic E-state index is 12.7. The number of rotatable bonds is 7. The van der Waals surface area contributed by atoms with Gasteiger partial charge in [-0.2, -0.15) is 0 Å². The second-order valence-corrected chi connectivity index (χ2v) is 9.13. The monoisotopic (exact) mass is 378 g/mol. The molecule has 142 valence electrons. The van der Waals surface area contributed by atoms with Crippen LogP contribution in [0.2, 0.25) is 0 Å². The Morgan fingerprint density at radius 1 is 1.38 bits per heavy atom. The number of likely N-dealkylation sites (N-methyl/N-ethyl adjacent to an activating group) is 1. The lowest BCUT2D eigenvalue weighted by molar-refractivity contribution is -0.134. The van der Waals surface area contributed by atoms with Gasteiger partial charge in [0, 0.05) is 18.0 Å². The molecule has 0 radical (unpaired) electrons. The summed E-state index contributed by atoms with van der Waals surface area (Å²) in [5.41, 5.74) is 2.05. The lowest BCUT2D eigenvalue weighted by Crippen LogP contribution is -2.50. The summed E-state index contributed by atoms with van der Waals surface area (Å²) >= 11 is 0. The van der Waals surface area contributed by atoms with Crippen molar-refractivity contribution in [1.29, 1.82) is 0 Å². The quantitative estimate of drug-likeness (QED) is 0.797. The van der Waals surface area contributed by atoms with Crippen LogP contribution in [0.4, 0.5) is 0 Å². The lowest BCUT2D eigenvalue weighted by atomic mass is 10.1. The average molecular weight is 378 g/mol. The normalized spacial score (nSPS) is 20.3. The molecule has 1 N–H and O–H groups in total. The molecular weight excluding hydrogens is 352 g/mol. The van der Waals surface area contributed by atoms with E-state index in [0.717, 1.165) is 17.4 Å². The van der Waals surface area contributed by atoms with E-state index in [4.69, 9.17) is 4.42 Å². The molecule has 0 saturated carbocycles. The van der Waals surface area contributed by atoms with Gasteiger partial charge in [-0.1, -0.05) is 6.07 Å². The molecule has 2 aromatic rings. The molecular formula is C19H26N2O4S. The van der Waals surface area contributed by atoms with Crippen molar-refractivity contribution in [3.05, 3.63) is 36.1 Å². The van der Waals surface area contributed by atoms with Crippen LogP contribution in [0, 0.1) is 0 Å². The summed E-state index contributed by atoms with van der Waals surface area (Å²) in [6.07, 6.45) is 3.03. The van der Waals surface area contributed by atoms with Gasteiger partial charge in [-0.05, 0) is 57.0 Å². The maximum atomic E-state index is 12.7. The zero-order valence-electron chi connectivity index (χ0n) is 15.3. The number of furan rings is 1. The summed E-state index contributed by atoms with van der Waals surface area (Å²) < 4.78 is 28.7. The first kappa shape index (κ1) is 18.9. The second-order valence-electron chi connectivity index (χ2n) is 6.90. The first-order valence-corrected chi connectivity index (χ1v) is 10.9. The Bertz CT molecular complexity index is 875. The molecule has 6 nitrogen and oxygen atoms in total. The van der Waals surface area contributed by atoms with E-state index in [-0.39, 0.29) is 29.5 Å². The van der Waals surface area contributed by atoms with Crippen molar-refractivity contribution in [3.63, 3.8) is 0 Å². The van der Waals surface area contributed by atoms with Crippen LogP contribution < -0.4 is 5.32 Å². The van der Waals surface area contributed by atoms with Gasteiger partial charge in [0.25, 0.3) is 0 Å². The van der Waals surface area contributed by atoms with E-state index >= 15 is 0 Å². The molecule has 1 aromatic heterocycles. The van der Waals surface area contributed by atoms with Crippen LogP contribution in [0.3, 0.4) is 0 Å². The summed E-state index contributed by atoms with van der Waals surface area (Å²) in [7, 11) is -3.00. The molecule has 0 aliphatic carbocycles. The summed E-state index contributed by atoms with van der Waals surface area (Å²) in [5.74, 6) is 0.240. The van der Waals surface area contributed by atoms with Gasteiger partial charge in [0.2, 0.25) is 5.91 Å². The average Bonchev–Trinajstić information content (AvgIpc) is 3.21. The van der Waals surface area contributed by atoms with Crippen LogP contribution in [-0.2, 0) is 21.1 Å². The van der Waals surface area contributed by atoms with E-state index in [2.05, 4.69) is 11.4 Å². The van der Waals surface area contributed by atoms with Gasteiger partial charge in [-0.15, -0.1) is 0 Å². The third kappa shape index (κ3) is 4.27. The van der Waals surface area contributed by atoms with Crippen molar-refractivity contribution < 1.29 is 17.6 Å². The molecule has 0 spiro atoms. The van der Waals surface area contributed by atoms with Gasteiger partial charge in [-0.25, -0.2) is 8.42 Å². The van der Waals surface area contributed by atoms with E-state index in [9.17, 15) is 13.2 Å². The van der Waals surface area contributed by atoms with Crippen molar-refractivity contribution in [2.45, 2.75) is 38.8 Å². The SMILES string of the molecule is CCN(C(=O)C(C)NCCc1ccc2occc2c1)C1CCS(=O)(=O)C1. The van der Waals surface area contributed by atoms with Crippen molar-refractivity contribution in [2.24, 2.45) is 0 Å². The highest BCUT2D eigenvalue weighted by Crippen LogP contribution is 2.19. The van der Waals surface area contributed by atoms with Gasteiger partial charge >= 0.3 is 0 Å². The fourth-order valence-corrected chi connectivity index (χ4v) is 5.29. The predicted molar refractivity (Wildman–Crippen MR) is 102 cm³/mol. The minimum absolute atomic E-state index is 0.0279. The Labute approximate surface area is 154 Å². The van der Waals surface area contributed by atoms with E-state index in [0.29, 0.717) is 19.5 Å². The molecule has 1 aliphatic rings. The van der Waals surface area contributed by atoms with Crippen LogP contribution >= 0.6 is 0 Å². The highest BCUT2D eigenvalue weighted by Gasteiger charge is 2.35. The standard InChI is InChI=1S/C19H26N2O4S/c1-3-21(17-8-11-26(23,24)13-17)19(22)14(2)20-9-6-15-4-5-18-16(12-15)7-10-25-18/h4-5,7,10,12,14,17,20H,3,6,8-9,11,13H2,1-2H3. The summed E-state index contributed by atoms with van der Waals surface area (Å²) in [6.45, 7) is 4.95. The van der Waals surface area contributed by atoms with Crippen LogP contribution in [0.15, 0.2) is 34.9 Å². The molecule has 1 aromatic carbocycles. The van der Waals surface area contributed by atoms with E-state index in [1.807, 2.05) is 32.0 Å². The fourth-order valence-electron chi connectivity index (χ4n) is 3.56. The molecule has 7 heteroatoms. The third-order valence-electron chi connectivity index (χ3n) is 5.02. The summed E-state index contributed by atoms with van der Waals surface area (Å²) in [4.78, 5) is 14.4. The first-order valence-electron chi connectivity index (χ1n) is 9.10. The largest absolute Gasteiger partial charge is 0.464 e. The number of nitrogens with zero attached hydrogens (tertiary/aromatic N) is 1. The van der Waals surface area contributed by atoms with Gasteiger partial charge in [0.05, 0.1) is 23.8 Å². The van der Waals surface area contributed by atoms with Crippen LogP contribution in [-0.4, -0.2) is 55.9 Å². The van der Waals surface area contributed by atoms with Crippen LogP contribution in [0.25, 0.3) is 11.0 Å². The Hall–Kier alpha value is -1.86. The Morgan fingerprint density at radius 2 is 2.19 bits per heavy atom. The zero-order chi connectivity index (χ0) is 18.7. The molecule has 1 saturated heterocycles. The lowest BCUT2D eigenvalue weighted by Gasteiger charge is -2.30. The number of carbonyl (C=O) groups excluding carboxylic acids is 1.